The molecule has 1 atom stereocenters. The lowest BCUT2D eigenvalue weighted by Gasteiger charge is -2.32. The number of carbonyl (C=O) groups is 2. The summed E-state index contributed by atoms with van der Waals surface area (Å²) in [6.07, 6.45) is 1.11. The fourth-order valence-electron chi connectivity index (χ4n) is 3.56. The summed E-state index contributed by atoms with van der Waals surface area (Å²) < 4.78 is 10.7. The van der Waals surface area contributed by atoms with Crippen LogP contribution in [0, 0.1) is 6.92 Å². The molecule has 1 unspecified atom stereocenters. The number of nitrogens with two attached hydrogens (primary N) is 1. The molecule has 6 nitrogen and oxygen atoms in total. The van der Waals surface area contributed by atoms with Gasteiger partial charge < -0.3 is 20.5 Å². The van der Waals surface area contributed by atoms with Crippen LogP contribution in [0.5, 0.6) is 0 Å². The van der Waals surface area contributed by atoms with E-state index in [9.17, 15) is 9.59 Å². The average Bonchev–Trinajstić information content (AvgIpc) is 2.67. The monoisotopic (exact) mass is 386 g/mol. The molecule has 152 valence electrons. The Morgan fingerprint density at radius 1 is 1.18 bits per heavy atom. The minimum atomic E-state index is -0.495. The Morgan fingerprint density at radius 3 is 2.50 bits per heavy atom. The van der Waals surface area contributed by atoms with E-state index in [0.29, 0.717) is 42.1 Å². The lowest BCUT2D eigenvalue weighted by Crippen LogP contribution is -2.34. The van der Waals surface area contributed by atoms with Gasteiger partial charge in [0.1, 0.15) is 0 Å². The summed E-state index contributed by atoms with van der Waals surface area (Å²) in [5, 5.41) is 3.22. The zero-order chi connectivity index (χ0) is 20.7. The van der Waals surface area contributed by atoms with Gasteiger partial charge in [-0.2, -0.15) is 0 Å². The van der Waals surface area contributed by atoms with Crippen molar-refractivity contribution in [2.75, 3.05) is 26.9 Å². The maximum absolute atomic E-state index is 13.1. The summed E-state index contributed by atoms with van der Waals surface area (Å²) in [6, 6.07) is 7.80. The number of benzene rings is 1. The fraction of sp³-hybridized carbons (Fsp3) is 0.455. The van der Waals surface area contributed by atoms with Crippen molar-refractivity contribution in [1.29, 1.82) is 0 Å². The largest absolute Gasteiger partial charge is 0.466 e. The standard InChI is InChI=1S/C22H30N2O4/c1-5-8-18(25)21-17(13-28-12-11-23)24-15(3)19(22(26)27-4)20(21)16-10-7-6-9-14(16)2/h6-7,9-10,20,24H,5,8,11-13,23H2,1-4H3. The molecular weight excluding hydrogens is 356 g/mol. The fourth-order valence-corrected chi connectivity index (χ4v) is 3.56. The highest BCUT2D eigenvalue weighted by Gasteiger charge is 2.38. The van der Waals surface area contributed by atoms with Crippen molar-refractivity contribution < 1.29 is 19.1 Å². The van der Waals surface area contributed by atoms with E-state index >= 15 is 0 Å². The van der Waals surface area contributed by atoms with Gasteiger partial charge in [-0.05, 0) is 31.4 Å². The predicted octanol–water partition coefficient (Wildman–Crippen LogP) is 2.73. The van der Waals surface area contributed by atoms with Crippen LogP contribution in [-0.2, 0) is 19.1 Å². The first kappa shape index (κ1) is 21.9. The van der Waals surface area contributed by atoms with Crippen LogP contribution in [-0.4, -0.2) is 38.6 Å². The summed E-state index contributed by atoms with van der Waals surface area (Å²) in [4.78, 5) is 25.8. The number of ether oxygens (including phenoxy) is 2. The van der Waals surface area contributed by atoms with Crippen LogP contribution in [0.1, 0.15) is 43.7 Å². The molecule has 0 spiro atoms. The number of methoxy groups -OCH3 is 1. The molecule has 0 saturated carbocycles. The molecule has 28 heavy (non-hydrogen) atoms. The van der Waals surface area contributed by atoms with Crippen molar-refractivity contribution >= 4 is 11.8 Å². The highest BCUT2D eigenvalue weighted by Crippen LogP contribution is 2.40. The van der Waals surface area contributed by atoms with Gasteiger partial charge in [0.25, 0.3) is 0 Å². The summed E-state index contributed by atoms with van der Waals surface area (Å²) >= 11 is 0. The van der Waals surface area contributed by atoms with Gasteiger partial charge in [0.15, 0.2) is 5.78 Å². The Hall–Kier alpha value is -2.44. The smallest absolute Gasteiger partial charge is 0.336 e. The first-order chi connectivity index (χ1) is 13.5. The van der Waals surface area contributed by atoms with Crippen LogP contribution in [0.2, 0.25) is 0 Å². The number of ketones is 1. The van der Waals surface area contributed by atoms with Crippen LogP contribution >= 0.6 is 0 Å². The number of aryl methyl sites for hydroxylation is 1. The van der Waals surface area contributed by atoms with E-state index in [1.165, 1.54) is 7.11 Å². The first-order valence-electron chi connectivity index (χ1n) is 9.61. The summed E-state index contributed by atoms with van der Waals surface area (Å²) in [7, 11) is 1.36. The lowest BCUT2D eigenvalue weighted by molar-refractivity contribution is -0.136. The molecular formula is C22H30N2O4. The van der Waals surface area contributed by atoms with E-state index in [0.717, 1.165) is 17.5 Å². The highest BCUT2D eigenvalue weighted by molar-refractivity contribution is 6.03. The van der Waals surface area contributed by atoms with E-state index in [1.807, 2.05) is 45.0 Å². The minimum absolute atomic E-state index is 0.00324. The molecule has 1 aliphatic rings. The van der Waals surface area contributed by atoms with Gasteiger partial charge in [-0.3, -0.25) is 4.79 Å². The topological polar surface area (TPSA) is 90.6 Å². The van der Waals surface area contributed by atoms with Gasteiger partial charge in [-0.25, -0.2) is 4.79 Å². The van der Waals surface area contributed by atoms with Gasteiger partial charge in [0.05, 0.1) is 25.9 Å². The number of carbonyl (C=O) groups excluding carboxylic acids is 2. The SMILES string of the molecule is CCCC(=O)C1=C(COCCN)NC(C)=C(C(=O)OC)C1c1ccccc1C. The van der Waals surface area contributed by atoms with Gasteiger partial charge in [-0.1, -0.05) is 31.2 Å². The number of hydrogen-bond donors (Lipinski definition) is 2. The zero-order valence-corrected chi connectivity index (χ0v) is 17.1. The van der Waals surface area contributed by atoms with Crippen LogP contribution in [0.15, 0.2) is 46.8 Å². The molecule has 6 heteroatoms. The molecule has 2 rings (SSSR count). The van der Waals surface area contributed by atoms with E-state index in [4.69, 9.17) is 15.2 Å². The Kier molecular flexibility index (Phi) is 7.96. The maximum Gasteiger partial charge on any atom is 0.336 e. The maximum atomic E-state index is 13.1. The van der Waals surface area contributed by atoms with E-state index < -0.39 is 11.9 Å². The van der Waals surface area contributed by atoms with Crippen LogP contribution in [0.3, 0.4) is 0 Å². The highest BCUT2D eigenvalue weighted by atomic mass is 16.5. The van der Waals surface area contributed by atoms with Crippen molar-refractivity contribution in [3.63, 3.8) is 0 Å². The van der Waals surface area contributed by atoms with Crippen molar-refractivity contribution in [3.05, 3.63) is 57.9 Å². The summed E-state index contributed by atoms with van der Waals surface area (Å²) in [6.45, 7) is 6.78. The van der Waals surface area contributed by atoms with Crippen LogP contribution in [0.4, 0.5) is 0 Å². The Balaban J connectivity index is 2.67. The van der Waals surface area contributed by atoms with Gasteiger partial charge >= 0.3 is 5.97 Å². The number of nitrogens with one attached hydrogen (secondary N) is 1. The number of allylic oxidation sites excluding steroid dienone is 2. The Labute approximate surface area is 166 Å². The third kappa shape index (κ3) is 4.69. The Morgan fingerprint density at radius 2 is 1.89 bits per heavy atom. The number of hydrogen-bond acceptors (Lipinski definition) is 6. The summed E-state index contributed by atoms with van der Waals surface area (Å²) in [5.74, 6) is -0.934. The van der Waals surface area contributed by atoms with E-state index in [1.54, 1.807) is 0 Å². The molecule has 3 N–H and O–H groups in total. The molecule has 0 aromatic heterocycles. The van der Waals surface area contributed by atoms with Crippen molar-refractivity contribution in [3.8, 4) is 0 Å². The van der Waals surface area contributed by atoms with Crippen LogP contribution < -0.4 is 11.1 Å². The molecule has 1 aromatic rings. The molecule has 1 heterocycles. The minimum Gasteiger partial charge on any atom is -0.466 e. The molecule has 0 amide bonds. The van der Waals surface area contributed by atoms with Crippen molar-refractivity contribution in [2.24, 2.45) is 5.73 Å². The van der Waals surface area contributed by atoms with Crippen molar-refractivity contribution in [2.45, 2.75) is 39.5 Å². The third-order valence-electron chi connectivity index (χ3n) is 4.84. The number of esters is 1. The molecule has 1 aromatic carbocycles. The molecule has 0 fully saturated rings. The van der Waals surface area contributed by atoms with E-state index in [2.05, 4.69) is 5.32 Å². The van der Waals surface area contributed by atoms with E-state index in [-0.39, 0.29) is 12.4 Å². The van der Waals surface area contributed by atoms with Gasteiger partial charge in [0.2, 0.25) is 0 Å². The Bertz CT molecular complexity index is 795. The number of rotatable bonds is 9. The van der Waals surface area contributed by atoms with Gasteiger partial charge in [0, 0.05) is 35.9 Å². The molecule has 0 aliphatic carbocycles. The second-order valence-corrected chi connectivity index (χ2v) is 6.85. The molecule has 0 bridgehead atoms. The van der Waals surface area contributed by atoms with Crippen LogP contribution in [0.25, 0.3) is 0 Å². The number of dihydropyridines is 1. The quantitative estimate of drug-likeness (QED) is 0.501. The molecule has 0 radical (unpaired) electrons. The second kappa shape index (κ2) is 10.2. The predicted molar refractivity (Wildman–Crippen MR) is 109 cm³/mol. The van der Waals surface area contributed by atoms with Crippen molar-refractivity contribution in [1.82, 2.24) is 5.32 Å². The second-order valence-electron chi connectivity index (χ2n) is 6.85. The zero-order valence-electron chi connectivity index (χ0n) is 17.1. The first-order valence-corrected chi connectivity index (χ1v) is 9.61. The van der Waals surface area contributed by atoms with Gasteiger partial charge in [-0.15, -0.1) is 0 Å². The molecule has 1 aliphatic heterocycles. The summed E-state index contributed by atoms with van der Waals surface area (Å²) in [5.41, 5.74) is 9.83. The lowest BCUT2D eigenvalue weighted by atomic mass is 9.76. The molecule has 0 saturated heterocycles. The number of Topliss-reactive ketones (excluding diaryl/α,β-unsaturated/α-hetero) is 1. The average molecular weight is 386 g/mol. The third-order valence-corrected chi connectivity index (χ3v) is 4.84. The normalized spacial score (nSPS) is 16.8.